The normalized spacial score (nSPS) is 12.5. The molecule has 5 nitrogen and oxygen atoms in total. The van der Waals surface area contributed by atoms with Crippen molar-refractivity contribution >= 4 is 56.3 Å². The Balaban J connectivity index is 0.000000289. The van der Waals surface area contributed by atoms with E-state index in [-0.39, 0.29) is 42.5 Å². The van der Waals surface area contributed by atoms with Crippen LogP contribution in [0.25, 0.3) is 55.2 Å². The van der Waals surface area contributed by atoms with Crippen molar-refractivity contribution in [1.29, 1.82) is 0 Å². The number of carbonyl (C=O) groups is 1. The molecule has 3 aromatic heterocycles. The Bertz CT molecular complexity index is 2210. The third kappa shape index (κ3) is 8.46. The van der Waals surface area contributed by atoms with Crippen LogP contribution >= 0.6 is 0 Å². The number of hydrogen-bond acceptors (Lipinski definition) is 5. The van der Waals surface area contributed by atoms with Gasteiger partial charge in [0.25, 0.3) is 0 Å². The SMILES string of the molecule is CCC(C)(CC)C(=O)/C=C(\O)C(C)(CC)CC.Cc1cc2oc3c(-c4cc(-c5ccccc5)c5c[c]([Ge]([CH3])([CH3])[CH3])ccc5n4)[c-]ccc3c2cn1.[Ir]. The van der Waals surface area contributed by atoms with Crippen molar-refractivity contribution in [2.75, 3.05) is 0 Å². The van der Waals surface area contributed by atoms with Crippen molar-refractivity contribution in [3.05, 3.63) is 103 Å². The van der Waals surface area contributed by atoms with Crippen LogP contribution in [0, 0.1) is 23.8 Å². The molecule has 0 aliphatic heterocycles. The van der Waals surface area contributed by atoms with Gasteiger partial charge in [-0.05, 0) is 32.6 Å². The van der Waals surface area contributed by atoms with E-state index < -0.39 is 13.3 Å². The van der Waals surface area contributed by atoms with Crippen molar-refractivity contribution in [2.24, 2.45) is 10.8 Å². The number of rotatable bonds is 10. The number of carbonyl (C=O) groups excluding carboxylic acids is 1. The molecule has 6 rings (SSSR count). The Kier molecular flexibility index (Phi) is 13.2. The minimum atomic E-state index is -2.00. The summed E-state index contributed by atoms with van der Waals surface area (Å²) >= 11 is -2.00. The minimum Gasteiger partial charge on any atom is 0 e. The number of aliphatic hydroxyl groups excluding tert-OH is 1. The van der Waals surface area contributed by atoms with Crippen molar-refractivity contribution in [1.82, 2.24) is 9.97 Å². The van der Waals surface area contributed by atoms with E-state index in [2.05, 4.69) is 82.9 Å². The molecule has 0 saturated heterocycles. The Morgan fingerprint density at radius 3 is 2.13 bits per heavy atom. The van der Waals surface area contributed by atoms with Crippen molar-refractivity contribution in [2.45, 2.75) is 91.4 Å². The summed E-state index contributed by atoms with van der Waals surface area (Å²) in [7, 11) is 0. The monoisotopic (exact) mass is 936 g/mol. The van der Waals surface area contributed by atoms with Crippen LogP contribution in [0.3, 0.4) is 0 Å². The van der Waals surface area contributed by atoms with E-state index in [1.807, 2.05) is 72.9 Å². The molecule has 0 saturated carbocycles. The summed E-state index contributed by atoms with van der Waals surface area (Å²) in [6.07, 6.45) is 6.65. The molecule has 3 heterocycles. The Morgan fingerprint density at radius 2 is 1.52 bits per heavy atom. The number of furan rings is 1. The van der Waals surface area contributed by atoms with Gasteiger partial charge in [0, 0.05) is 37.0 Å². The summed E-state index contributed by atoms with van der Waals surface area (Å²) in [5, 5.41) is 13.4. The van der Waals surface area contributed by atoms with Gasteiger partial charge in [0.1, 0.15) is 5.76 Å². The molecule has 0 spiro atoms. The fourth-order valence-electron chi connectivity index (χ4n) is 6.28. The van der Waals surface area contributed by atoms with Gasteiger partial charge >= 0.3 is 195 Å². The van der Waals surface area contributed by atoms with Gasteiger partial charge in [-0.15, -0.1) is 0 Å². The van der Waals surface area contributed by atoms with Crippen molar-refractivity contribution < 1.29 is 34.4 Å². The topological polar surface area (TPSA) is 76.2 Å². The number of allylic oxidation sites excluding steroid dienone is 2. The molecule has 0 atom stereocenters. The predicted octanol–water partition coefficient (Wildman–Crippen LogP) is 12.2. The second kappa shape index (κ2) is 16.6. The van der Waals surface area contributed by atoms with Gasteiger partial charge in [-0.3, -0.25) is 4.79 Å². The number of ketones is 1. The molecule has 6 aromatic rings. The number of aryl methyl sites for hydroxylation is 1. The van der Waals surface area contributed by atoms with E-state index in [0.717, 1.165) is 70.1 Å². The number of nitrogens with zero attached hydrogens (tertiary/aromatic N) is 2. The zero-order valence-electron chi connectivity index (χ0n) is 32.4. The first-order valence-electron chi connectivity index (χ1n) is 18.3. The van der Waals surface area contributed by atoms with Crippen LogP contribution in [-0.4, -0.2) is 34.1 Å². The molecule has 0 unspecified atom stereocenters. The third-order valence-electron chi connectivity index (χ3n) is 11.1. The summed E-state index contributed by atoms with van der Waals surface area (Å²) in [6.45, 7) is 14.1. The zero-order valence-corrected chi connectivity index (χ0v) is 36.9. The van der Waals surface area contributed by atoms with Crippen LogP contribution < -0.4 is 4.40 Å². The summed E-state index contributed by atoms with van der Waals surface area (Å²) in [5.41, 5.74) is 7.09. The maximum atomic E-state index is 12.2. The van der Waals surface area contributed by atoms with Gasteiger partial charge in [0.05, 0.1) is 0 Å². The Hall–Kier alpha value is -3.58. The summed E-state index contributed by atoms with van der Waals surface area (Å²) < 4.78 is 7.82. The van der Waals surface area contributed by atoms with E-state index in [1.165, 1.54) is 27.0 Å². The van der Waals surface area contributed by atoms with Crippen LogP contribution in [0.4, 0.5) is 0 Å². The maximum absolute atomic E-state index is 12.2. The fourth-order valence-corrected chi connectivity index (χ4v) is 8.72. The van der Waals surface area contributed by atoms with Crippen LogP contribution in [0.5, 0.6) is 0 Å². The molecular weight excluding hydrogens is 881 g/mol. The van der Waals surface area contributed by atoms with E-state index in [1.54, 1.807) is 0 Å². The average molecular weight is 935 g/mol. The minimum absolute atomic E-state index is 0. The van der Waals surface area contributed by atoms with Crippen molar-refractivity contribution in [3.8, 4) is 22.4 Å². The number of benzene rings is 3. The van der Waals surface area contributed by atoms with Crippen LogP contribution in [0.2, 0.25) is 17.3 Å². The van der Waals surface area contributed by atoms with E-state index in [0.29, 0.717) is 0 Å². The quantitative estimate of drug-likeness (QED) is 0.0641. The standard InChI is InChI=1S/C30H25GeN2O.C15H28O2.Ir/c1-19-15-29-26(18-32-19)22-11-8-12-23(30(22)34-29)28-17-24(20-9-6-5-7-10-20)25-16-21(31(2,3)4)13-14-27(25)33-28;1-7-14(5,8-2)12(16)11-13(17)15(6,9-3)10-4;/h5-11,13-18H,1-4H3;11,16H,7-10H2,1-6H3;/q-1;;/b;12-11-;. The molecule has 7 heteroatoms. The molecule has 1 N–H and O–H groups in total. The van der Waals surface area contributed by atoms with Crippen molar-refractivity contribution in [3.63, 3.8) is 0 Å². The van der Waals surface area contributed by atoms with Gasteiger partial charge in [-0.25, -0.2) is 0 Å². The summed E-state index contributed by atoms with van der Waals surface area (Å²) in [4.78, 5) is 21.8. The van der Waals surface area contributed by atoms with E-state index in [9.17, 15) is 9.90 Å². The molecule has 0 aliphatic carbocycles. The molecule has 1 radical (unpaired) electrons. The van der Waals surface area contributed by atoms with Gasteiger partial charge in [0.2, 0.25) is 0 Å². The van der Waals surface area contributed by atoms with E-state index in [4.69, 9.17) is 9.40 Å². The number of pyridine rings is 2. The molecule has 3 aromatic carbocycles. The van der Waals surface area contributed by atoms with Crippen LogP contribution in [0.15, 0.2) is 95.2 Å². The molecule has 275 valence electrons. The molecule has 0 amide bonds. The molecular formula is C45H53GeIrN2O3-. The second-order valence-corrected chi connectivity index (χ2v) is 26.0. The molecule has 0 fully saturated rings. The number of aliphatic hydroxyl groups is 1. The van der Waals surface area contributed by atoms with Gasteiger partial charge in [-0.2, -0.15) is 0 Å². The van der Waals surface area contributed by atoms with E-state index >= 15 is 0 Å². The number of hydrogen-bond donors (Lipinski definition) is 1. The number of aromatic nitrogens is 2. The zero-order chi connectivity index (χ0) is 37.1. The summed E-state index contributed by atoms with van der Waals surface area (Å²) in [6, 6.07) is 29.0. The van der Waals surface area contributed by atoms with Crippen LogP contribution in [0.1, 0.15) is 72.9 Å². The average Bonchev–Trinajstić information content (AvgIpc) is 3.51. The predicted molar refractivity (Wildman–Crippen MR) is 217 cm³/mol. The molecule has 52 heavy (non-hydrogen) atoms. The Morgan fingerprint density at radius 1 is 0.865 bits per heavy atom. The second-order valence-electron chi connectivity index (χ2n) is 15.4. The molecule has 0 bridgehead atoms. The molecule has 0 aliphatic rings. The fraction of sp³-hybridized carbons (Fsp3) is 0.356. The van der Waals surface area contributed by atoms with Gasteiger partial charge in [0.15, 0.2) is 5.78 Å². The first-order chi connectivity index (χ1) is 24.2. The number of fused-ring (bicyclic) bond motifs is 4. The van der Waals surface area contributed by atoms with Gasteiger partial charge < -0.3 is 5.11 Å². The third-order valence-corrected chi connectivity index (χ3v) is 15.4. The first kappa shape index (κ1) is 41.2. The smallest absolute Gasteiger partial charge is 0 e. The Labute approximate surface area is 326 Å². The van der Waals surface area contributed by atoms with Crippen LogP contribution in [-0.2, 0) is 24.9 Å². The summed E-state index contributed by atoms with van der Waals surface area (Å²) in [5.74, 6) is 7.57. The van der Waals surface area contributed by atoms with Gasteiger partial charge in [-0.1, -0.05) is 41.5 Å². The first-order valence-corrected chi connectivity index (χ1v) is 25.7.